The fraction of sp³-hybridized carbons (Fsp3) is 0.148. The number of allylic oxidation sites excluding steroid dienone is 1. The molecule has 0 saturated carbocycles. The van der Waals surface area contributed by atoms with E-state index in [1.807, 2.05) is 86.0 Å². The van der Waals surface area contributed by atoms with Crippen LogP contribution in [0.3, 0.4) is 0 Å². The van der Waals surface area contributed by atoms with Gasteiger partial charge in [-0.1, -0.05) is 41.7 Å². The molecule has 176 valence electrons. The standard InChI is InChI=1S/C27H23N3O3S2/c1-16-12-13-34-21(16)15-22-26(32)30-24(18-8-7-11-20(14-18)33-3)23(17(2)28-27(30)35-22)25(31)29-19-9-5-4-6-10-19/h4-15,24H,1-3H3,(H,29,31)/b22-15-. The first kappa shape index (κ1) is 23.0. The molecule has 0 aliphatic carbocycles. The van der Waals surface area contributed by atoms with E-state index in [-0.39, 0.29) is 11.5 Å². The highest BCUT2D eigenvalue weighted by Gasteiger charge is 2.32. The molecule has 4 aromatic rings. The zero-order valence-corrected chi connectivity index (χ0v) is 21.1. The third-order valence-electron chi connectivity index (χ3n) is 5.87. The van der Waals surface area contributed by atoms with Gasteiger partial charge in [-0.05, 0) is 66.8 Å². The van der Waals surface area contributed by atoms with Crippen molar-refractivity contribution in [1.29, 1.82) is 0 Å². The number of hydrogen-bond acceptors (Lipinski definition) is 6. The van der Waals surface area contributed by atoms with E-state index in [9.17, 15) is 9.59 Å². The number of nitrogens with zero attached hydrogens (tertiary/aromatic N) is 2. The zero-order valence-electron chi connectivity index (χ0n) is 19.4. The van der Waals surface area contributed by atoms with E-state index in [2.05, 4.69) is 5.32 Å². The summed E-state index contributed by atoms with van der Waals surface area (Å²) in [6.07, 6.45) is 1.91. The van der Waals surface area contributed by atoms with Crippen LogP contribution in [0.15, 0.2) is 87.1 Å². The molecule has 6 nitrogen and oxygen atoms in total. The molecule has 0 spiro atoms. The highest BCUT2D eigenvalue weighted by molar-refractivity contribution is 7.11. The minimum atomic E-state index is -0.642. The van der Waals surface area contributed by atoms with Gasteiger partial charge in [0, 0.05) is 10.6 Å². The summed E-state index contributed by atoms with van der Waals surface area (Å²) in [6, 6.07) is 18.1. The zero-order chi connectivity index (χ0) is 24.5. The highest BCUT2D eigenvalue weighted by atomic mass is 32.1. The molecule has 5 rings (SSSR count). The van der Waals surface area contributed by atoms with Crippen molar-refractivity contribution in [1.82, 2.24) is 4.57 Å². The molecule has 0 saturated heterocycles. The SMILES string of the molecule is COc1cccc(C2C(C(=O)Nc3ccccc3)=C(C)N=c3s/c(=C\c4sccc4C)c(=O)n32)c1. The molecule has 1 atom stereocenters. The molecule has 2 aromatic heterocycles. The lowest BCUT2D eigenvalue weighted by Gasteiger charge is -2.25. The topological polar surface area (TPSA) is 72.7 Å². The number of rotatable bonds is 5. The normalized spacial score (nSPS) is 15.5. The lowest BCUT2D eigenvalue weighted by molar-refractivity contribution is -0.113. The van der Waals surface area contributed by atoms with Crippen LogP contribution in [0.4, 0.5) is 5.69 Å². The first-order valence-electron chi connectivity index (χ1n) is 11.0. The fourth-order valence-electron chi connectivity index (χ4n) is 4.11. The number of fused-ring (bicyclic) bond motifs is 1. The van der Waals surface area contributed by atoms with Gasteiger partial charge in [0.05, 0.1) is 29.0 Å². The first-order valence-corrected chi connectivity index (χ1v) is 12.7. The van der Waals surface area contributed by atoms with Crippen LogP contribution in [0.5, 0.6) is 5.75 Å². The Kier molecular flexibility index (Phi) is 6.23. The molecular weight excluding hydrogens is 478 g/mol. The lowest BCUT2D eigenvalue weighted by atomic mass is 9.95. The summed E-state index contributed by atoms with van der Waals surface area (Å²) in [7, 11) is 1.60. The van der Waals surface area contributed by atoms with E-state index in [4.69, 9.17) is 9.73 Å². The van der Waals surface area contributed by atoms with E-state index in [1.54, 1.807) is 23.0 Å². The van der Waals surface area contributed by atoms with Crippen LogP contribution in [0.1, 0.15) is 29.0 Å². The number of carbonyl (C=O) groups is 1. The number of aryl methyl sites for hydroxylation is 1. The Morgan fingerprint density at radius 1 is 1.11 bits per heavy atom. The van der Waals surface area contributed by atoms with Crippen molar-refractivity contribution >= 4 is 40.3 Å². The molecule has 0 bridgehead atoms. The van der Waals surface area contributed by atoms with E-state index in [1.165, 1.54) is 11.3 Å². The predicted octanol–water partition coefficient (Wildman–Crippen LogP) is 4.25. The summed E-state index contributed by atoms with van der Waals surface area (Å²) in [5.74, 6) is 0.352. The van der Waals surface area contributed by atoms with Gasteiger partial charge in [0.1, 0.15) is 5.75 Å². The number of carbonyl (C=O) groups excluding carboxylic acids is 1. The summed E-state index contributed by atoms with van der Waals surface area (Å²) < 4.78 is 7.65. The Morgan fingerprint density at radius 2 is 1.91 bits per heavy atom. The number of thiophene rings is 1. The van der Waals surface area contributed by atoms with Crippen LogP contribution in [-0.2, 0) is 4.79 Å². The van der Waals surface area contributed by atoms with Crippen molar-refractivity contribution in [3.63, 3.8) is 0 Å². The van der Waals surface area contributed by atoms with Crippen molar-refractivity contribution < 1.29 is 9.53 Å². The Morgan fingerprint density at radius 3 is 2.63 bits per heavy atom. The Bertz CT molecular complexity index is 1630. The molecule has 1 aliphatic heterocycles. The van der Waals surface area contributed by atoms with Gasteiger partial charge in [-0.15, -0.1) is 11.3 Å². The molecule has 1 aliphatic rings. The van der Waals surface area contributed by atoms with Gasteiger partial charge in [-0.3, -0.25) is 14.2 Å². The number of hydrogen-bond donors (Lipinski definition) is 1. The summed E-state index contributed by atoms with van der Waals surface area (Å²) in [5, 5.41) is 4.97. The Labute approximate surface area is 210 Å². The van der Waals surface area contributed by atoms with Crippen molar-refractivity contribution in [3.05, 3.63) is 113 Å². The van der Waals surface area contributed by atoms with Crippen LogP contribution in [0.2, 0.25) is 0 Å². The van der Waals surface area contributed by atoms with Gasteiger partial charge >= 0.3 is 0 Å². The number of ether oxygens (including phenoxy) is 1. The second kappa shape index (κ2) is 9.48. The van der Waals surface area contributed by atoms with Gasteiger partial charge in [-0.25, -0.2) is 4.99 Å². The fourth-order valence-corrected chi connectivity index (χ4v) is 6.07. The van der Waals surface area contributed by atoms with E-state index in [0.29, 0.717) is 32.0 Å². The molecule has 2 aromatic carbocycles. The van der Waals surface area contributed by atoms with Crippen LogP contribution < -0.4 is 24.9 Å². The van der Waals surface area contributed by atoms with Crippen LogP contribution >= 0.6 is 22.7 Å². The monoisotopic (exact) mass is 501 g/mol. The Balaban J connectivity index is 1.70. The second-order valence-electron chi connectivity index (χ2n) is 8.15. The number of nitrogens with one attached hydrogen (secondary N) is 1. The van der Waals surface area contributed by atoms with Gasteiger partial charge in [-0.2, -0.15) is 0 Å². The quantitative estimate of drug-likeness (QED) is 0.444. The summed E-state index contributed by atoms with van der Waals surface area (Å²) in [4.78, 5) is 33.6. The maximum Gasteiger partial charge on any atom is 0.271 e. The second-order valence-corrected chi connectivity index (χ2v) is 10.1. The molecule has 1 unspecified atom stereocenters. The van der Waals surface area contributed by atoms with Crippen LogP contribution in [0, 0.1) is 6.92 Å². The molecular formula is C27H23N3O3S2. The van der Waals surface area contributed by atoms with Gasteiger partial charge in [0.2, 0.25) is 0 Å². The number of amides is 1. The number of benzene rings is 2. The lowest BCUT2D eigenvalue weighted by Crippen LogP contribution is -2.40. The maximum absolute atomic E-state index is 13.7. The number of methoxy groups -OCH3 is 1. The molecule has 3 heterocycles. The van der Waals surface area contributed by atoms with Crippen LogP contribution in [0.25, 0.3) is 6.08 Å². The predicted molar refractivity (Wildman–Crippen MR) is 141 cm³/mol. The third kappa shape index (κ3) is 4.38. The van der Waals surface area contributed by atoms with Gasteiger partial charge in [0.25, 0.3) is 11.5 Å². The van der Waals surface area contributed by atoms with Crippen molar-refractivity contribution in [3.8, 4) is 5.75 Å². The highest BCUT2D eigenvalue weighted by Crippen LogP contribution is 2.32. The summed E-state index contributed by atoms with van der Waals surface area (Å²) >= 11 is 2.93. The minimum Gasteiger partial charge on any atom is -0.497 e. The molecule has 1 amide bonds. The molecule has 0 radical (unpaired) electrons. The van der Waals surface area contributed by atoms with Gasteiger partial charge < -0.3 is 10.1 Å². The maximum atomic E-state index is 13.7. The largest absolute Gasteiger partial charge is 0.497 e. The minimum absolute atomic E-state index is 0.174. The number of thiazole rings is 1. The van der Waals surface area contributed by atoms with Crippen molar-refractivity contribution in [2.75, 3.05) is 12.4 Å². The third-order valence-corrected chi connectivity index (χ3v) is 7.82. The summed E-state index contributed by atoms with van der Waals surface area (Å²) in [6.45, 7) is 3.84. The van der Waals surface area contributed by atoms with Crippen molar-refractivity contribution in [2.45, 2.75) is 19.9 Å². The Hall–Kier alpha value is -3.75. The number of aromatic nitrogens is 1. The molecule has 1 N–H and O–H groups in total. The van der Waals surface area contributed by atoms with E-state index in [0.717, 1.165) is 16.0 Å². The van der Waals surface area contributed by atoms with Crippen molar-refractivity contribution in [2.24, 2.45) is 4.99 Å². The van der Waals surface area contributed by atoms with Crippen LogP contribution in [-0.4, -0.2) is 17.6 Å². The summed E-state index contributed by atoms with van der Waals surface area (Å²) in [5.41, 5.74) is 3.39. The number of anilines is 1. The first-order chi connectivity index (χ1) is 17.0. The molecule has 0 fully saturated rings. The number of para-hydroxylation sites is 1. The average molecular weight is 502 g/mol. The molecule has 8 heteroatoms. The average Bonchev–Trinajstić information content (AvgIpc) is 3.40. The van der Waals surface area contributed by atoms with E-state index < -0.39 is 6.04 Å². The van der Waals surface area contributed by atoms with E-state index >= 15 is 0 Å². The smallest absolute Gasteiger partial charge is 0.271 e. The van der Waals surface area contributed by atoms with Gasteiger partial charge in [0.15, 0.2) is 4.80 Å². The molecule has 35 heavy (non-hydrogen) atoms.